The highest BCUT2D eigenvalue weighted by Gasteiger charge is 2.46. The number of fused-ring (bicyclic) bond motifs is 2. The Kier molecular flexibility index (Phi) is 4.96. The maximum absolute atomic E-state index is 12.1. The monoisotopic (exact) mass is 404 g/mol. The molecule has 150 valence electrons. The molecule has 2 aromatic rings. The second kappa shape index (κ2) is 7.29. The zero-order valence-corrected chi connectivity index (χ0v) is 17.0. The SMILES string of the molecule is Cc1ncccc1Oc1ncnc(OC2C[C@H]3CC[C@@H](C2)N3S(C)(=O)=O)c1C. The molecule has 0 radical (unpaired) electrons. The van der Waals surface area contributed by atoms with E-state index in [0.717, 1.165) is 18.5 Å². The van der Waals surface area contributed by atoms with E-state index in [1.54, 1.807) is 10.5 Å². The summed E-state index contributed by atoms with van der Waals surface area (Å²) in [5.74, 6) is 1.54. The van der Waals surface area contributed by atoms with E-state index in [4.69, 9.17) is 9.47 Å². The zero-order chi connectivity index (χ0) is 19.9. The van der Waals surface area contributed by atoms with Gasteiger partial charge in [-0.2, -0.15) is 4.31 Å². The first-order chi connectivity index (χ1) is 13.3. The van der Waals surface area contributed by atoms with E-state index in [1.165, 1.54) is 12.6 Å². The van der Waals surface area contributed by atoms with Gasteiger partial charge in [-0.05, 0) is 38.8 Å². The summed E-state index contributed by atoms with van der Waals surface area (Å²) >= 11 is 0. The molecule has 1 unspecified atom stereocenters. The van der Waals surface area contributed by atoms with Crippen LogP contribution in [-0.4, -0.2) is 52.1 Å². The van der Waals surface area contributed by atoms with Gasteiger partial charge in [0, 0.05) is 31.1 Å². The van der Waals surface area contributed by atoms with Crippen LogP contribution in [0.15, 0.2) is 24.7 Å². The summed E-state index contributed by atoms with van der Waals surface area (Å²) in [6, 6.07) is 3.66. The maximum atomic E-state index is 12.1. The van der Waals surface area contributed by atoms with Gasteiger partial charge in [-0.1, -0.05) is 0 Å². The number of nitrogens with zero attached hydrogens (tertiary/aromatic N) is 4. The van der Waals surface area contributed by atoms with Gasteiger partial charge in [0.25, 0.3) is 0 Å². The first-order valence-electron chi connectivity index (χ1n) is 9.39. The van der Waals surface area contributed by atoms with Crippen LogP contribution < -0.4 is 9.47 Å². The van der Waals surface area contributed by atoms with Crippen molar-refractivity contribution in [1.82, 2.24) is 19.3 Å². The second-order valence-electron chi connectivity index (χ2n) is 7.49. The fourth-order valence-electron chi connectivity index (χ4n) is 4.20. The maximum Gasteiger partial charge on any atom is 0.229 e. The van der Waals surface area contributed by atoms with Gasteiger partial charge in [0.2, 0.25) is 21.8 Å². The predicted molar refractivity (Wildman–Crippen MR) is 103 cm³/mol. The Morgan fingerprint density at radius 3 is 2.39 bits per heavy atom. The van der Waals surface area contributed by atoms with Crippen LogP contribution in [-0.2, 0) is 10.0 Å². The molecule has 2 saturated heterocycles. The molecule has 2 fully saturated rings. The van der Waals surface area contributed by atoms with E-state index in [1.807, 2.05) is 26.0 Å². The Hall–Kier alpha value is -2.26. The Morgan fingerprint density at radius 2 is 1.75 bits per heavy atom. The van der Waals surface area contributed by atoms with Gasteiger partial charge in [-0.25, -0.2) is 18.4 Å². The molecular formula is C19H24N4O4S. The van der Waals surface area contributed by atoms with Crippen molar-refractivity contribution in [3.8, 4) is 17.5 Å². The van der Waals surface area contributed by atoms with Crippen LogP contribution >= 0.6 is 0 Å². The highest BCUT2D eigenvalue weighted by Crippen LogP contribution is 2.39. The van der Waals surface area contributed by atoms with E-state index in [2.05, 4.69) is 15.0 Å². The molecule has 0 aromatic carbocycles. The third-order valence-electron chi connectivity index (χ3n) is 5.44. The lowest BCUT2D eigenvalue weighted by atomic mass is 10.0. The van der Waals surface area contributed by atoms with Gasteiger partial charge in [-0.15, -0.1) is 0 Å². The molecule has 0 amide bonds. The lowest BCUT2D eigenvalue weighted by molar-refractivity contribution is 0.0911. The van der Waals surface area contributed by atoms with Crippen LogP contribution in [0.25, 0.3) is 0 Å². The normalized spacial score (nSPS) is 24.9. The van der Waals surface area contributed by atoms with Crippen molar-refractivity contribution in [1.29, 1.82) is 0 Å². The molecule has 28 heavy (non-hydrogen) atoms. The average molecular weight is 404 g/mol. The zero-order valence-electron chi connectivity index (χ0n) is 16.2. The summed E-state index contributed by atoms with van der Waals surface area (Å²) < 4.78 is 37.8. The fraction of sp³-hybridized carbons (Fsp3) is 0.526. The van der Waals surface area contributed by atoms with Gasteiger partial charge >= 0.3 is 0 Å². The molecule has 2 aliphatic heterocycles. The first kappa shape index (κ1) is 19.1. The number of sulfonamides is 1. The first-order valence-corrected chi connectivity index (χ1v) is 11.2. The molecule has 2 bridgehead atoms. The van der Waals surface area contributed by atoms with E-state index in [9.17, 15) is 8.42 Å². The minimum Gasteiger partial charge on any atom is -0.474 e. The molecule has 0 saturated carbocycles. The van der Waals surface area contributed by atoms with Crippen LogP contribution in [0.4, 0.5) is 0 Å². The lowest BCUT2D eigenvalue weighted by Gasteiger charge is -2.36. The van der Waals surface area contributed by atoms with Crippen molar-refractivity contribution in [2.45, 2.75) is 57.7 Å². The van der Waals surface area contributed by atoms with E-state index >= 15 is 0 Å². The molecule has 9 heteroatoms. The van der Waals surface area contributed by atoms with Gasteiger partial charge in [0.15, 0.2) is 5.75 Å². The summed E-state index contributed by atoms with van der Waals surface area (Å²) in [5, 5.41) is 0. The minimum absolute atomic E-state index is 0.00894. The summed E-state index contributed by atoms with van der Waals surface area (Å²) in [4.78, 5) is 12.7. The smallest absolute Gasteiger partial charge is 0.229 e. The second-order valence-corrected chi connectivity index (χ2v) is 9.37. The topological polar surface area (TPSA) is 94.5 Å². The minimum atomic E-state index is -3.19. The summed E-state index contributed by atoms with van der Waals surface area (Å²) in [7, 11) is -3.19. The molecule has 8 nitrogen and oxygen atoms in total. The highest BCUT2D eigenvalue weighted by atomic mass is 32.2. The number of hydrogen-bond donors (Lipinski definition) is 0. The van der Waals surface area contributed by atoms with Gasteiger partial charge in [0.05, 0.1) is 17.5 Å². The van der Waals surface area contributed by atoms with Crippen LogP contribution in [0, 0.1) is 13.8 Å². The Morgan fingerprint density at radius 1 is 1.07 bits per heavy atom. The van der Waals surface area contributed by atoms with Crippen molar-refractivity contribution in [3.63, 3.8) is 0 Å². The fourth-order valence-corrected chi connectivity index (χ4v) is 5.67. The number of hydrogen-bond acceptors (Lipinski definition) is 7. The number of piperidine rings is 1. The van der Waals surface area contributed by atoms with Crippen molar-refractivity contribution >= 4 is 10.0 Å². The van der Waals surface area contributed by atoms with Crippen LogP contribution in [0.5, 0.6) is 17.5 Å². The molecule has 0 spiro atoms. The molecule has 2 aliphatic rings. The number of pyridine rings is 1. The highest BCUT2D eigenvalue weighted by molar-refractivity contribution is 7.88. The van der Waals surface area contributed by atoms with Gasteiger partial charge in [-0.3, -0.25) is 4.98 Å². The summed E-state index contributed by atoms with van der Waals surface area (Å²) in [5.41, 5.74) is 1.48. The third kappa shape index (κ3) is 3.68. The summed E-state index contributed by atoms with van der Waals surface area (Å²) in [6.45, 7) is 3.73. The van der Waals surface area contributed by atoms with E-state index in [-0.39, 0.29) is 18.2 Å². The summed E-state index contributed by atoms with van der Waals surface area (Å²) in [6.07, 6.45) is 7.46. The lowest BCUT2D eigenvalue weighted by Crippen LogP contribution is -2.48. The van der Waals surface area contributed by atoms with Crippen molar-refractivity contribution in [2.24, 2.45) is 0 Å². The van der Waals surface area contributed by atoms with Crippen LogP contribution in [0.1, 0.15) is 36.9 Å². The molecule has 0 N–H and O–H groups in total. The van der Waals surface area contributed by atoms with Crippen molar-refractivity contribution in [3.05, 3.63) is 35.9 Å². The molecular weight excluding hydrogens is 380 g/mol. The largest absolute Gasteiger partial charge is 0.474 e. The standard InChI is InChI=1S/C19H24N4O4S/c1-12-18(21-11-22-19(12)27-17-5-4-8-20-13(17)2)26-16-9-14-6-7-15(10-16)23(14)28(3,24)25/h4-5,8,11,14-16H,6-7,9-10H2,1-3H3/t14-,15+,16?. The molecule has 4 rings (SSSR count). The predicted octanol–water partition coefficient (Wildman–Crippen LogP) is 2.61. The molecule has 2 aromatic heterocycles. The molecule has 4 heterocycles. The average Bonchev–Trinajstić information content (AvgIpc) is 2.92. The number of ether oxygens (including phenoxy) is 2. The Labute approximate surface area is 165 Å². The van der Waals surface area contributed by atoms with E-state index < -0.39 is 10.0 Å². The number of aromatic nitrogens is 3. The van der Waals surface area contributed by atoms with Crippen LogP contribution in [0.2, 0.25) is 0 Å². The van der Waals surface area contributed by atoms with Gasteiger partial charge in [0.1, 0.15) is 12.4 Å². The van der Waals surface area contributed by atoms with Crippen molar-refractivity contribution in [2.75, 3.05) is 6.26 Å². The van der Waals surface area contributed by atoms with E-state index in [0.29, 0.717) is 35.9 Å². The number of rotatable bonds is 5. The number of aryl methyl sites for hydroxylation is 1. The Balaban J connectivity index is 1.50. The molecule has 3 atom stereocenters. The Bertz CT molecular complexity index is 968. The van der Waals surface area contributed by atoms with Crippen LogP contribution in [0.3, 0.4) is 0 Å². The molecule has 0 aliphatic carbocycles. The van der Waals surface area contributed by atoms with Crippen molar-refractivity contribution < 1.29 is 17.9 Å². The third-order valence-corrected chi connectivity index (χ3v) is 6.80. The van der Waals surface area contributed by atoms with Gasteiger partial charge < -0.3 is 9.47 Å². The quantitative estimate of drug-likeness (QED) is 0.756.